The largest absolute Gasteiger partial charge is 0.409 e. The molecule has 2 aliphatic rings. The van der Waals surface area contributed by atoms with E-state index in [0.29, 0.717) is 17.9 Å². The minimum absolute atomic E-state index is 0.0950. The minimum Gasteiger partial charge on any atom is -0.409 e. The molecule has 2 fully saturated rings. The Kier molecular flexibility index (Phi) is 4.23. The predicted octanol–water partition coefficient (Wildman–Crippen LogP) is 0.585. The molecule has 98 valence electrons. The number of hydrogen-bond acceptors (Lipinski definition) is 4. The highest BCUT2D eigenvalue weighted by Crippen LogP contribution is 2.27. The lowest BCUT2D eigenvalue weighted by molar-refractivity contribution is 0.180. The highest BCUT2D eigenvalue weighted by molar-refractivity contribution is 5.82. The van der Waals surface area contributed by atoms with Crippen molar-refractivity contribution in [3.8, 4) is 0 Å². The van der Waals surface area contributed by atoms with E-state index in [4.69, 9.17) is 10.9 Å². The van der Waals surface area contributed by atoms with Crippen molar-refractivity contribution in [3.05, 3.63) is 0 Å². The summed E-state index contributed by atoms with van der Waals surface area (Å²) in [5.74, 6) is 0.411. The Hall–Kier alpha value is -0.810. The van der Waals surface area contributed by atoms with Crippen LogP contribution in [0.4, 0.5) is 0 Å². The Bertz CT molecular complexity index is 282. The van der Waals surface area contributed by atoms with Crippen LogP contribution in [0.3, 0.4) is 0 Å². The maximum atomic E-state index is 8.61. The van der Waals surface area contributed by atoms with Gasteiger partial charge in [0.1, 0.15) is 5.84 Å². The quantitative estimate of drug-likeness (QED) is 0.291. The van der Waals surface area contributed by atoms with Gasteiger partial charge in [-0.3, -0.25) is 4.90 Å². The number of rotatable bonds is 4. The van der Waals surface area contributed by atoms with Crippen LogP contribution >= 0.6 is 0 Å². The zero-order valence-electron chi connectivity index (χ0n) is 10.6. The molecule has 0 aliphatic carbocycles. The second-order valence-corrected chi connectivity index (χ2v) is 5.33. The molecule has 5 heteroatoms. The Labute approximate surface area is 103 Å². The Morgan fingerprint density at radius 1 is 1.47 bits per heavy atom. The van der Waals surface area contributed by atoms with Gasteiger partial charge in [0.15, 0.2) is 0 Å². The van der Waals surface area contributed by atoms with Crippen molar-refractivity contribution in [1.82, 2.24) is 10.2 Å². The van der Waals surface area contributed by atoms with E-state index >= 15 is 0 Å². The number of hydrogen-bond donors (Lipinski definition) is 3. The zero-order chi connectivity index (χ0) is 12.3. The minimum atomic E-state index is 0.0950. The number of oxime groups is 1. The fourth-order valence-corrected chi connectivity index (χ4v) is 3.02. The molecular formula is C12H24N4O. The lowest BCUT2D eigenvalue weighted by Gasteiger charge is -2.33. The summed E-state index contributed by atoms with van der Waals surface area (Å²) in [5.41, 5.74) is 5.58. The fourth-order valence-electron chi connectivity index (χ4n) is 3.02. The third kappa shape index (κ3) is 2.90. The molecule has 5 nitrogen and oxygen atoms in total. The summed E-state index contributed by atoms with van der Waals surface area (Å²) in [6, 6.07) is 1.30. The van der Waals surface area contributed by atoms with E-state index in [-0.39, 0.29) is 5.92 Å². The molecule has 0 amide bonds. The van der Waals surface area contributed by atoms with Gasteiger partial charge in [-0.25, -0.2) is 0 Å². The summed E-state index contributed by atoms with van der Waals surface area (Å²) in [6.07, 6.45) is 5.25. The van der Waals surface area contributed by atoms with Crippen molar-refractivity contribution in [3.63, 3.8) is 0 Å². The molecule has 0 saturated carbocycles. The van der Waals surface area contributed by atoms with Crippen molar-refractivity contribution < 1.29 is 5.21 Å². The standard InChI is InChI=1S/C12H24N4O/c1-9(12(13)15-17)8-14-10-5-7-16-6-3-2-4-11(10)16/h9-11,14,17H,2-8H2,1H3,(H2,13,15). The molecule has 17 heavy (non-hydrogen) atoms. The number of fused-ring (bicyclic) bond motifs is 1. The van der Waals surface area contributed by atoms with Gasteiger partial charge in [0, 0.05) is 31.1 Å². The molecule has 0 radical (unpaired) electrons. The molecule has 2 rings (SSSR count). The van der Waals surface area contributed by atoms with Gasteiger partial charge < -0.3 is 16.3 Å². The van der Waals surface area contributed by atoms with E-state index < -0.39 is 0 Å². The summed E-state index contributed by atoms with van der Waals surface area (Å²) in [5, 5.41) is 15.3. The molecule has 2 saturated heterocycles. The van der Waals surface area contributed by atoms with Crippen LogP contribution in [0.5, 0.6) is 0 Å². The molecule has 2 aliphatic heterocycles. The molecule has 0 aromatic rings. The first-order chi connectivity index (χ1) is 8.22. The summed E-state index contributed by atoms with van der Waals surface area (Å²) in [4.78, 5) is 2.61. The molecule has 0 bridgehead atoms. The average molecular weight is 240 g/mol. The van der Waals surface area contributed by atoms with Crippen LogP contribution in [0.1, 0.15) is 32.6 Å². The van der Waals surface area contributed by atoms with Crippen LogP contribution in [0.25, 0.3) is 0 Å². The molecule has 0 spiro atoms. The summed E-state index contributed by atoms with van der Waals surface area (Å²) in [6.45, 7) is 5.26. The van der Waals surface area contributed by atoms with E-state index in [9.17, 15) is 0 Å². The lowest BCUT2D eigenvalue weighted by Crippen LogP contribution is -2.46. The smallest absolute Gasteiger partial charge is 0.143 e. The van der Waals surface area contributed by atoms with Gasteiger partial charge in [-0.1, -0.05) is 18.5 Å². The molecule has 2 heterocycles. The van der Waals surface area contributed by atoms with Gasteiger partial charge in [-0.15, -0.1) is 0 Å². The Morgan fingerprint density at radius 2 is 2.29 bits per heavy atom. The molecule has 3 unspecified atom stereocenters. The van der Waals surface area contributed by atoms with Crippen LogP contribution in [0, 0.1) is 5.92 Å². The molecule has 4 N–H and O–H groups in total. The normalized spacial score (nSPS) is 32.4. The number of piperidine rings is 1. The predicted molar refractivity (Wildman–Crippen MR) is 68.2 cm³/mol. The first kappa shape index (κ1) is 12.6. The number of nitrogens with zero attached hydrogens (tertiary/aromatic N) is 2. The van der Waals surface area contributed by atoms with Gasteiger partial charge in [-0.2, -0.15) is 0 Å². The summed E-state index contributed by atoms with van der Waals surface area (Å²) >= 11 is 0. The monoisotopic (exact) mass is 240 g/mol. The molecule has 0 aromatic heterocycles. The fraction of sp³-hybridized carbons (Fsp3) is 0.917. The number of nitrogens with two attached hydrogens (primary N) is 1. The van der Waals surface area contributed by atoms with E-state index in [0.717, 1.165) is 6.54 Å². The van der Waals surface area contributed by atoms with Crippen molar-refractivity contribution >= 4 is 5.84 Å². The van der Waals surface area contributed by atoms with Crippen LogP contribution in [-0.2, 0) is 0 Å². The van der Waals surface area contributed by atoms with Crippen LogP contribution < -0.4 is 11.1 Å². The Morgan fingerprint density at radius 3 is 3.06 bits per heavy atom. The van der Waals surface area contributed by atoms with E-state index in [1.807, 2.05) is 6.92 Å². The zero-order valence-corrected chi connectivity index (χ0v) is 10.6. The lowest BCUT2D eigenvalue weighted by atomic mass is 9.98. The number of amidine groups is 1. The second kappa shape index (κ2) is 5.69. The van der Waals surface area contributed by atoms with Gasteiger partial charge >= 0.3 is 0 Å². The van der Waals surface area contributed by atoms with E-state index in [1.165, 1.54) is 38.8 Å². The maximum Gasteiger partial charge on any atom is 0.143 e. The molecule has 0 aromatic carbocycles. The number of nitrogens with one attached hydrogen (secondary N) is 1. The highest BCUT2D eigenvalue weighted by atomic mass is 16.4. The van der Waals surface area contributed by atoms with Crippen molar-refractivity contribution in [2.45, 2.75) is 44.7 Å². The second-order valence-electron chi connectivity index (χ2n) is 5.33. The van der Waals surface area contributed by atoms with Gasteiger partial charge in [0.25, 0.3) is 0 Å². The third-order valence-corrected chi connectivity index (χ3v) is 4.16. The Balaban J connectivity index is 1.80. The van der Waals surface area contributed by atoms with Crippen LogP contribution in [-0.4, -0.2) is 47.7 Å². The molecular weight excluding hydrogens is 216 g/mol. The first-order valence-electron chi connectivity index (χ1n) is 6.67. The van der Waals surface area contributed by atoms with Crippen LogP contribution in [0.15, 0.2) is 5.16 Å². The van der Waals surface area contributed by atoms with Crippen molar-refractivity contribution in [2.75, 3.05) is 19.6 Å². The van der Waals surface area contributed by atoms with Gasteiger partial charge in [0.05, 0.1) is 0 Å². The maximum absolute atomic E-state index is 8.61. The summed E-state index contributed by atoms with van der Waals surface area (Å²) < 4.78 is 0. The SMILES string of the molecule is CC(CNC1CCN2CCCCC12)C(N)=NO. The van der Waals surface area contributed by atoms with Crippen molar-refractivity contribution in [2.24, 2.45) is 16.8 Å². The third-order valence-electron chi connectivity index (χ3n) is 4.16. The van der Waals surface area contributed by atoms with Crippen molar-refractivity contribution in [1.29, 1.82) is 0 Å². The first-order valence-corrected chi connectivity index (χ1v) is 6.67. The summed E-state index contributed by atoms with van der Waals surface area (Å²) in [7, 11) is 0. The van der Waals surface area contributed by atoms with E-state index in [1.54, 1.807) is 0 Å². The molecule has 3 atom stereocenters. The average Bonchev–Trinajstić information content (AvgIpc) is 2.78. The highest BCUT2D eigenvalue weighted by Gasteiger charge is 2.35. The topological polar surface area (TPSA) is 73.9 Å². The van der Waals surface area contributed by atoms with E-state index in [2.05, 4.69) is 15.4 Å². The van der Waals surface area contributed by atoms with Gasteiger partial charge in [0.2, 0.25) is 0 Å². The van der Waals surface area contributed by atoms with Gasteiger partial charge in [-0.05, 0) is 25.8 Å². The van der Waals surface area contributed by atoms with Crippen LogP contribution in [0.2, 0.25) is 0 Å².